The van der Waals surface area contributed by atoms with Gasteiger partial charge in [0.15, 0.2) is 6.10 Å². The molecular weight excluding hydrogens is 236 g/mol. The number of methoxy groups -OCH3 is 1. The van der Waals surface area contributed by atoms with Crippen LogP contribution in [-0.2, 0) is 14.3 Å². The first-order valence-electron chi connectivity index (χ1n) is 5.64. The number of ether oxygens (including phenoxy) is 3. The summed E-state index contributed by atoms with van der Waals surface area (Å²) in [6.45, 7) is 1.22. The molecule has 1 amide bonds. The van der Waals surface area contributed by atoms with Crippen LogP contribution in [0.5, 0.6) is 5.75 Å². The lowest BCUT2D eigenvalue weighted by Crippen LogP contribution is -2.39. The minimum Gasteiger partial charge on any atom is -0.494 e. The first kappa shape index (κ1) is 12.7. The van der Waals surface area contributed by atoms with Gasteiger partial charge in [0.1, 0.15) is 5.75 Å². The highest BCUT2D eigenvalue weighted by Crippen LogP contribution is 2.26. The Morgan fingerprint density at radius 1 is 1.50 bits per heavy atom. The molecule has 1 unspecified atom stereocenters. The highest BCUT2D eigenvalue weighted by atomic mass is 16.6. The van der Waals surface area contributed by atoms with Gasteiger partial charge in [0, 0.05) is 11.8 Å². The Kier molecular flexibility index (Phi) is 4.01. The van der Waals surface area contributed by atoms with E-state index in [1.54, 1.807) is 18.2 Å². The second-order valence-corrected chi connectivity index (χ2v) is 3.88. The van der Waals surface area contributed by atoms with E-state index in [-0.39, 0.29) is 12.5 Å². The van der Waals surface area contributed by atoms with Gasteiger partial charge in [-0.3, -0.25) is 4.79 Å². The zero-order chi connectivity index (χ0) is 13.0. The molecule has 6 nitrogen and oxygen atoms in total. The molecule has 1 heterocycles. The predicted molar refractivity (Wildman–Crippen MR) is 66.6 cm³/mol. The number of nitrogen functional groups attached to an aromatic ring is 1. The van der Waals surface area contributed by atoms with Gasteiger partial charge < -0.3 is 25.3 Å². The van der Waals surface area contributed by atoms with Crippen LogP contribution >= 0.6 is 0 Å². The summed E-state index contributed by atoms with van der Waals surface area (Å²) in [7, 11) is 1.52. The standard InChI is InChI=1S/C12H16N2O4/c1-16-10-6-8(13)2-3-9(10)14-12(15)11-7-17-4-5-18-11/h2-3,6,11H,4-5,7,13H2,1H3,(H,14,15). The number of carbonyl (C=O) groups excluding carboxylic acids is 1. The summed E-state index contributed by atoms with van der Waals surface area (Å²) < 4.78 is 15.6. The number of nitrogens with two attached hydrogens (primary N) is 1. The van der Waals surface area contributed by atoms with Gasteiger partial charge in [0.2, 0.25) is 0 Å². The van der Waals surface area contributed by atoms with E-state index in [1.807, 2.05) is 0 Å². The van der Waals surface area contributed by atoms with Gasteiger partial charge in [-0.25, -0.2) is 0 Å². The zero-order valence-corrected chi connectivity index (χ0v) is 10.1. The van der Waals surface area contributed by atoms with E-state index in [1.165, 1.54) is 7.11 Å². The summed E-state index contributed by atoms with van der Waals surface area (Å²) in [6, 6.07) is 5.03. The molecule has 0 bridgehead atoms. The van der Waals surface area contributed by atoms with Crippen molar-refractivity contribution in [3.05, 3.63) is 18.2 Å². The smallest absolute Gasteiger partial charge is 0.256 e. The summed E-state index contributed by atoms with van der Waals surface area (Å²) >= 11 is 0. The molecule has 1 aliphatic heterocycles. The van der Waals surface area contributed by atoms with Crippen molar-refractivity contribution in [2.75, 3.05) is 38.0 Å². The highest BCUT2D eigenvalue weighted by Gasteiger charge is 2.23. The van der Waals surface area contributed by atoms with E-state index < -0.39 is 6.10 Å². The first-order chi connectivity index (χ1) is 8.70. The molecular formula is C12H16N2O4. The Hall–Kier alpha value is -1.79. The normalized spacial score (nSPS) is 19.3. The predicted octanol–water partition coefficient (Wildman–Crippen LogP) is 0.631. The molecule has 6 heteroatoms. The first-order valence-corrected chi connectivity index (χ1v) is 5.64. The summed E-state index contributed by atoms with van der Waals surface area (Å²) in [5, 5.41) is 2.73. The lowest BCUT2D eigenvalue weighted by Gasteiger charge is -2.22. The molecule has 0 spiro atoms. The van der Waals surface area contributed by atoms with Gasteiger partial charge >= 0.3 is 0 Å². The fourth-order valence-electron chi connectivity index (χ4n) is 1.66. The van der Waals surface area contributed by atoms with E-state index in [0.29, 0.717) is 30.3 Å². The van der Waals surface area contributed by atoms with Gasteiger partial charge in [-0.2, -0.15) is 0 Å². The van der Waals surface area contributed by atoms with Crippen molar-refractivity contribution in [1.82, 2.24) is 0 Å². The number of anilines is 2. The van der Waals surface area contributed by atoms with Crippen molar-refractivity contribution < 1.29 is 19.0 Å². The lowest BCUT2D eigenvalue weighted by atomic mass is 10.2. The highest BCUT2D eigenvalue weighted by molar-refractivity contribution is 5.95. The molecule has 1 aromatic carbocycles. The molecule has 1 fully saturated rings. The molecule has 2 rings (SSSR count). The Morgan fingerprint density at radius 2 is 2.33 bits per heavy atom. The fraction of sp³-hybridized carbons (Fsp3) is 0.417. The molecule has 98 valence electrons. The second-order valence-electron chi connectivity index (χ2n) is 3.88. The third kappa shape index (κ3) is 2.91. The van der Waals surface area contributed by atoms with Crippen LogP contribution in [0.4, 0.5) is 11.4 Å². The molecule has 0 aliphatic carbocycles. The van der Waals surface area contributed by atoms with Crippen molar-refractivity contribution >= 4 is 17.3 Å². The number of rotatable bonds is 3. The number of hydrogen-bond donors (Lipinski definition) is 2. The number of carbonyl (C=O) groups is 1. The van der Waals surface area contributed by atoms with Crippen LogP contribution in [0, 0.1) is 0 Å². The molecule has 3 N–H and O–H groups in total. The molecule has 0 saturated carbocycles. The number of amides is 1. The van der Waals surface area contributed by atoms with Crippen LogP contribution in [0.3, 0.4) is 0 Å². The maximum atomic E-state index is 11.9. The summed E-state index contributed by atoms with van der Waals surface area (Å²) in [5.41, 5.74) is 6.77. The molecule has 1 aliphatic rings. The molecule has 0 aromatic heterocycles. The Balaban J connectivity index is 2.06. The van der Waals surface area contributed by atoms with Crippen LogP contribution in [0.1, 0.15) is 0 Å². The minimum atomic E-state index is -0.582. The van der Waals surface area contributed by atoms with Crippen LogP contribution in [0.25, 0.3) is 0 Å². The quantitative estimate of drug-likeness (QED) is 0.771. The van der Waals surface area contributed by atoms with E-state index in [9.17, 15) is 4.79 Å². The molecule has 18 heavy (non-hydrogen) atoms. The molecule has 1 saturated heterocycles. The average molecular weight is 252 g/mol. The fourth-order valence-corrected chi connectivity index (χ4v) is 1.66. The van der Waals surface area contributed by atoms with Crippen LogP contribution in [0.2, 0.25) is 0 Å². The maximum Gasteiger partial charge on any atom is 0.256 e. The van der Waals surface area contributed by atoms with Gasteiger partial charge in [-0.05, 0) is 12.1 Å². The molecule has 0 radical (unpaired) electrons. The van der Waals surface area contributed by atoms with Gasteiger partial charge in [-0.1, -0.05) is 0 Å². The van der Waals surface area contributed by atoms with Crippen LogP contribution in [-0.4, -0.2) is 38.9 Å². The van der Waals surface area contributed by atoms with E-state index in [4.69, 9.17) is 19.9 Å². The topological polar surface area (TPSA) is 82.8 Å². The van der Waals surface area contributed by atoms with Crippen LogP contribution in [0.15, 0.2) is 18.2 Å². The van der Waals surface area contributed by atoms with E-state index in [0.717, 1.165) is 0 Å². The Bertz CT molecular complexity index is 430. The van der Waals surface area contributed by atoms with Crippen molar-refractivity contribution in [3.63, 3.8) is 0 Å². The number of nitrogens with one attached hydrogen (secondary N) is 1. The lowest BCUT2D eigenvalue weighted by molar-refractivity contribution is -0.142. The zero-order valence-electron chi connectivity index (χ0n) is 10.1. The van der Waals surface area contributed by atoms with Crippen molar-refractivity contribution in [2.45, 2.75) is 6.10 Å². The Morgan fingerprint density at radius 3 is 3.00 bits per heavy atom. The number of benzene rings is 1. The van der Waals surface area contributed by atoms with Crippen LogP contribution < -0.4 is 15.8 Å². The largest absolute Gasteiger partial charge is 0.494 e. The summed E-state index contributed by atoms with van der Waals surface area (Å²) in [4.78, 5) is 11.9. The van der Waals surface area contributed by atoms with Gasteiger partial charge in [0.05, 0.1) is 32.6 Å². The second kappa shape index (κ2) is 5.70. The summed E-state index contributed by atoms with van der Waals surface area (Å²) in [5.74, 6) is 0.262. The summed E-state index contributed by atoms with van der Waals surface area (Å²) in [6.07, 6.45) is -0.582. The third-order valence-corrected chi connectivity index (χ3v) is 2.59. The van der Waals surface area contributed by atoms with Gasteiger partial charge in [0.25, 0.3) is 5.91 Å². The van der Waals surface area contributed by atoms with E-state index >= 15 is 0 Å². The SMILES string of the molecule is COc1cc(N)ccc1NC(=O)C1COCCO1. The minimum absolute atomic E-state index is 0.252. The van der Waals surface area contributed by atoms with E-state index in [2.05, 4.69) is 5.32 Å². The Labute approximate surface area is 105 Å². The third-order valence-electron chi connectivity index (χ3n) is 2.59. The van der Waals surface area contributed by atoms with Crippen molar-refractivity contribution in [3.8, 4) is 5.75 Å². The van der Waals surface area contributed by atoms with Crippen molar-refractivity contribution in [1.29, 1.82) is 0 Å². The molecule has 1 aromatic rings. The molecule has 1 atom stereocenters. The number of hydrogen-bond acceptors (Lipinski definition) is 5. The monoisotopic (exact) mass is 252 g/mol. The average Bonchev–Trinajstić information content (AvgIpc) is 2.41. The van der Waals surface area contributed by atoms with Gasteiger partial charge in [-0.15, -0.1) is 0 Å². The van der Waals surface area contributed by atoms with Crippen molar-refractivity contribution in [2.24, 2.45) is 0 Å². The maximum absolute atomic E-state index is 11.9.